The minimum Gasteiger partial charge on any atom is -0.466 e. The third kappa shape index (κ3) is 71.1. The number of carbonyl (C=O) groups excluding carboxylic acids is 4. The minimum absolute atomic E-state index is 0.0943. The van der Waals surface area contributed by atoms with Crippen molar-refractivity contribution >= 4 is 41.7 Å². The Balaban J connectivity index is 2.81. The van der Waals surface area contributed by atoms with E-state index in [9.17, 15) is 24.3 Å². The molecule has 1 rings (SSSR count). The Morgan fingerprint density at radius 2 is 0.423 bits per heavy atom. The highest BCUT2D eigenvalue weighted by molar-refractivity contribution is 5.71. The van der Waals surface area contributed by atoms with Crippen molar-refractivity contribution in [3.63, 3.8) is 0 Å². The average molecular weight is 1470 g/mol. The van der Waals surface area contributed by atoms with Gasteiger partial charge in [0, 0.05) is 45.8 Å². The molecular formula is C87H168N8O9. The molecule has 104 heavy (non-hydrogen) atoms. The summed E-state index contributed by atoms with van der Waals surface area (Å²) in [5.74, 6) is 0.230. The summed E-state index contributed by atoms with van der Waals surface area (Å²) >= 11 is 0. The van der Waals surface area contributed by atoms with Crippen LogP contribution in [0, 0.1) is 0 Å². The second-order valence-corrected chi connectivity index (χ2v) is 30.5. The molecule has 1 aromatic heterocycles. The summed E-state index contributed by atoms with van der Waals surface area (Å²) in [7, 11) is 0. The lowest BCUT2D eigenvalue weighted by atomic mass is 10.0. The first kappa shape index (κ1) is 98.2. The van der Waals surface area contributed by atoms with Crippen LogP contribution in [-0.4, -0.2) is 146 Å². The molecule has 1 heterocycles. The van der Waals surface area contributed by atoms with E-state index in [0.29, 0.717) is 109 Å². The van der Waals surface area contributed by atoms with Crippen molar-refractivity contribution in [2.45, 2.75) is 426 Å². The van der Waals surface area contributed by atoms with E-state index in [4.69, 9.17) is 23.9 Å². The molecule has 4 N–H and O–H groups in total. The monoisotopic (exact) mass is 1470 g/mol. The molecule has 0 saturated heterocycles. The number of aliphatic hydroxyl groups excluding tert-OH is 1. The van der Waals surface area contributed by atoms with Gasteiger partial charge in [0.15, 0.2) is 0 Å². The van der Waals surface area contributed by atoms with Crippen LogP contribution in [0.25, 0.3) is 0 Å². The lowest BCUT2D eigenvalue weighted by Gasteiger charge is -2.22. The smallest absolute Gasteiger partial charge is 0.307 e. The zero-order valence-electron chi connectivity index (χ0n) is 68.7. The second kappa shape index (κ2) is 80.2. The molecule has 17 heteroatoms. The van der Waals surface area contributed by atoms with Crippen LogP contribution < -0.4 is 16.0 Å². The number of hydrogen-bond acceptors (Lipinski definition) is 17. The fourth-order valence-corrected chi connectivity index (χ4v) is 13.7. The number of anilines is 3. The molecule has 0 aromatic carbocycles. The summed E-state index contributed by atoms with van der Waals surface area (Å²) in [6, 6.07) is 0. The number of nitrogens with zero attached hydrogens (tertiary/aromatic N) is 5. The molecule has 610 valence electrons. The molecule has 0 atom stereocenters. The van der Waals surface area contributed by atoms with Crippen LogP contribution in [0.3, 0.4) is 0 Å². The third-order valence-corrected chi connectivity index (χ3v) is 20.5. The Bertz CT molecular complexity index is 1780. The molecule has 0 fully saturated rings. The highest BCUT2D eigenvalue weighted by atomic mass is 16.5. The molecule has 17 nitrogen and oxygen atoms in total. The minimum atomic E-state index is -0.208. The van der Waals surface area contributed by atoms with Gasteiger partial charge in [-0.3, -0.25) is 19.2 Å². The van der Waals surface area contributed by atoms with E-state index < -0.39 is 0 Å². The Morgan fingerprint density at radius 3 is 0.606 bits per heavy atom. The van der Waals surface area contributed by atoms with E-state index in [0.717, 1.165) is 51.4 Å². The summed E-state index contributed by atoms with van der Waals surface area (Å²) < 4.78 is 22.8. The molecule has 0 bridgehead atoms. The number of carbonyl (C=O) groups is 4. The maximum Gasteiger partial charge on any atom is 0.307 e. The number of aliphatic hydroxyl groups is 1. The number of aromatic nitrogens is 3. The zero-order chi connectivity index (χ0) is 75.0. The summed E-state index contributed by atoms with van der Waals surface area (Å²) in [6.07, 6.45) is 73.9. The van der Waals surface area contributed by atoms with E-state index in [-0.39, 0.29) is 62.7 Å². The largest absolute Gasteiger partial charge is 0.466 e. The average Bonchev–Trinajstić information content (AvgIpc) is 0.879. The van der Waals surface area contributed by atoms with Gasteiger partial charge in [0.1, 0.15) is 0 Å². The quantitative estimate of drug-likeness (QED) is 0.0272. The zero-order valence-corrected chi connectivity index (χ0v) is 68.7. The highest BCUT2D eigenvalue weighted by Crippen LogP contribution is 2.19. The molecule has 1 aromatic rings. The number of nitrogens with one attached hydrogen (secondary N) is 3. The Morgan fingerprint density at radius 1 is 0.250 bits per heavy atom. The van der Waals surface area contributed by atoms with Crippen LogP contribution in [0.5, 0.6) is 0 Å². The van der Waals surface area contributed by atoms with Crippen molar-refractivity contribution in [3.05, 3.63) is 0 Å². The topological polar surface area (TPSA) is 207 Å². The van der Waals surface area contributed by atoms with Gasteiger partial charge in [-0.15, -0.1) is 0 Å². The van der Waals surface area contributed by atoms with Crippen LogP contribution in [0.1, 0.15) is 426 Å². The summed E-state index contributed by atoms with van der Waals surface area (Å²) in [6.45, 7) is 15.2. The predicted molar refractivity (Wildman–Crippen MR) is 438 cm³/mol. The Hall–Kier alpha value is -3.83. The maximum atomic E-state index is 13.1. The number of unbranched alkanes of at least 4 members (excludes halogenated alkanes) is 52. The highest BCUT2D eigenvalue weighted by Gasteiger charge is 2.16. The van der Waals surface area contributed by atoms with Crippen LogP contribution in [0.15, 0.2) is 0 Å². The second-order valence-electron chi connectivity index (χ2n) is 30.5. The van der Waals surface area contributed by atoms with E-state index in [1.807, 2.05) is 0 Å². The molecule has 0 spiro atoms. The van der Waals surface area contributed by atoms with Crippen LogP contribution in [0.4, 0.5) is 17.8 Å². The van der Waals surface area contributed by atoms with Gasteiger partial charge in [-0.1, -0.05) is 362 Å². The van der Waals surface area contributed by atoms with Crippen molar-refractivity contribution in [3.8, 4) is 0 Å². The fourth-order valence-electron chi connectivity index (χ4n) is 13.7. The summed E-state index contributed by atoms with van der Waals surface area (Å²) in [5, 5.41) is 19.5. The van der Waals surface area contributed by atoms with E-state index in [1.54, 1.807) is 0 Å². The van der Waals surface area contributed by atoms with Crippen molar-refractivity contribution in [1.82, 2.24) is 24.8 Å². The van der Waals surface area contributed by atoms with Gasteiger partial charge in [-0.25, -0.2) is 0 Å². The molecule has 0 aliphatic rings. The lowest BCUT2D eigenvalue weighted by molar-refractivity contribution is -0.146. The Labute approximate surface area is 640 Å². The molecular weight excluding hydrogens is 1300 g/mol. The van der Waals surface area contributed by atoms with Gasteiger partial charge in [-0.2, -0.15) is 15.0 Å². The maximum absolute atomic E-state index is 13.1. The molecule has 0 aliphatic heterocycles. The van der Waals surface area contributed by atoms with Crippen molar-refractivity contribution < 1.29 is 43.2 Å². The fraction of sp³-hybridized carbons (Fsp3) is 0.920. The van der Waals surface area contributed by atoms with E-state index in [2.05, 4.69) is 63.4 Å². The number of hydrogen-bond donors (Lipinski definition) is 4. The molecule has 0 amide bonds. The third-order valence-electron chi connectivity index (χ3n) is 20.5. The van der Waals surface area contributed by atoms with Gasteiger partial charge in [0.05, 0.1) is 58.7 Å². The predicted octanol–water partition coefficient (Wildman–Crippen LogP) is 23.1. The molecule has 0 saturated carbocycles. The number of esters is 4. The first-order valence-electron chi connectivity index (χ1n) is 44.9. The summed E-state index contributed by atoms with van der Waals surface area (Å²) in [4.78, 5) is 70.4. The standard InChI is InChI=1S/C87H168N8O9/c1-5-9-13-17-21-25-29-33-37-41-45-49-53-57-77-101-81(97)63-72-94(73-64-82(98)102-78-58-54-50-46-42-38-34-30-26-22-18-14-10-6-2)70-61-67-88-85-91-86(93-87(92-85)90-69-76-96)89-68-62-71-95(74-65-83(99)103-79-59-55-51-47-43-39-35-31-27-23-19-15-11-7-3)75-66-84(100)104-80-60-56-52-48-44-40-36-32-28-24-20-16-12-8-4/h96H,5-80H2,1-4H3,(H3,88,89,90,91,92,93). The van der Waals surface area contributed by atoms with Crippen LogP contribution >= 0.6 is 0 Å². The number of ether oxygens (including phenoxy) is 4. The Kier molecular flexibility index (Phi) is 75.7. The van der Waals surface area contributed by atoms with Crippen LogP contribution in [0.2, 0.25) is 0 Å². The van der Waals surface area contributed by atoms with E-state index >= 15 is 0 Å². The number of rotatable bonds is 85. The van der Waals surface area contributed by atoms with Gasteiger partial charge in [-0.05, 0) is 51.6 Å². The normalized spacial score (nSPS) is 11.5. The summed E-state index contributed by atoms with van der Waals surface area (Å²) in [5.41, 5.74) is 0. The van der Waals surface area contributed by atoms with Gasteiger partial charge < -0.3 is 49.8 Å². The lowest BCUT2D eigenvalue weighted by Crippen LogP contribution is -2.32. The van der Waals surface area contributed by atoms with Crippen molar-refractivity contribution in [1.29, 1.82) is 0 Å². The first-order valence-corrected chi connectivity index (χ1v) is 44.9. The SMILES string of the molecule is CCCCCCCCCCCCCCCCOC(=O)CCN(CCCNc1nc(NCCO)nc(NCCCN(CCC(=O)OCCCCCCCCCCCCCCCC)CCC(=O)OCCCCCCCCCCCCCCCC)n1)CCC(=O)OCCCCCCCCCCCCCCCC. The van der Waals surface area contributed by atoms with Gasteiger partial charge >= 0.3 is 23.9 Å². The molecule has 0 aliphatic carbocycles. The van der Waals surface area contributed by atoms with E-state index in [1.165, 1.54) is 308 Å². The van der Waals surface area contributed by atoms with Crippen molar-refractivity contribution in [2.75, 3.05) is 108 Å². The van der Waals surface area contributed by atoms with Gasteiger partial charge in [0.25, 0.3) is 0 Å². The molecule has 0 unspecified atom stereocenters. The van der Waals surface area contributed by atoms with Gasteiger partial charge in [0.2, 0.25) is 17.8 Å². The van der Waals surface area contributed by atoms with Crippen LogP contribution in [-0.2, 0) is 38.1 Å². The first-order chi connectivity index (χ1) is 51.2. The molecule has 0 radical (unpaired) electrons. The van der Waals surface area contributed by atoms with Crippen molar-refractivity contribution in [2.24, 2.45) is 0 Å².